The van der Waals surface area contributed by atoms with Gasteiger partial charge in [0.25, 0.3) is 0 Å². The summed E-state index contributed by atoms with van der Waals surface area (Å²) in [5, 5.41) is 4.08. The molecular weight excluding hydrogens is 138 g/mol. The maximum atomic E-state index is 5.23. The van der Waals surface area contributed by atoms with Crippen LogP contribution in [0.25, 0.3) is 0 Å². The average Bonchev–Trinajstić information content (AvgIpc) is 2.32. The summed E-state index contributed by atoms with van der Waals surface area (Å²) in [6, 6.07) is 0. The van der Waals surface area contributed by atoms with Crippen molar-refractivity contribution in [2.75, 3.05) is 0 Å². The Kier molecular flexibility index (Phi) is 2.21. The molecule has 1 atom stereocenters. The van der Waals surface area contributed by atoms with Crippen LogP contribution < -0.4 is 0 Å². The van der Waals surface area contributed by atoms with Gasteiger partial charge >= 0.3 is 0 Å². The van der Waals surface area contributed by atoms with E-state index in [0.717, 1.165) is 12.8 Å². The molecule has 0 amide bonds. The van der Waals surface area contributed by atoms with Crippen LogP contribution in [-0.2, 0) is 4.84 Å². The first-order valence-corrected chi connectivity index (χ1v) is 4.27. The van der Waals surface area contributed by atoms with E-state index in [1.807, 2.05) is 0 Å². The molecule has 2 heteroatoms. The highest BCUT2D eigenvalue weighted by Crippen LogP contribution is 2.26. The zero-order chi connectivity index (χ0) is 8.48. The molecule has 0 saturated heterocycles. The van der Waals surface area contributed by atoms with Crippen molar-refractivity contribution in [3.05, 3.63) is 0 Å². The Morgan fingerprint density at radius 1 is 1.55 bits per heavy atom. The Morgan fingerprint density at radius 2 is 2.18 bits per heavy atom. The number of hydrogen-bond donors (Lipinski definition) is 0. The van der Waals surface area contributed by atoms with Gasteiger partial charge in [0, 0.05) is 11.8 Å². The molecule has 0 spiro atoms. The molecule has 64 valence electrons. The lowest BCUT2D eigenvalue weighted by Gasteiger charge is -2.16. The van der Waals surface area contributed by atoms with Crippen LogP contribution in [0.5, 0.6) is 0 Å². The van der Waals surface area contributed by atoms with Crippen molar-refractivity contribution in [1.82, 2.24) is 0 Å². The van der Waals surface area contributed by atoms with Gasteiger partial charge in [0.2, 0.25) is 0 Å². The average molecular weight is 155 g/mol. The Labute approximate surface area is 68.6 Å². The van der Waals surface area contributed by atoms with E-state index in [1.165, 1.54) is 5.71 Å². The summed E-state index contributed by atoms with van der Waals surface area (Å²) in [5.74, 6) is 0. The Balaban J connectivity index is 2.53. The van der Waals surface area contributed by atoms with Gasteiger partial charge in [-0.3, -0.25) is 0 Å². The molecule has 0 fully saturated rings. The number of oxime groups is 1. The van der Waals surface area contributed by atoms with E-state index in [1.54, 1.807) is 0 Å². The smallest absolute Gasteiger partial charge is 0.132 e. The number of nitrogens with zero attached hydrogens (tertiary/aromatic N) is 1. The van der Waals surface area contributed by atoms with E-state index in [0.29, 0.717) is 6.10 Å². The summed E-state index contributed by atoms with van der Waals surface area (Å²) in [6.07, 6.45) is 2.41. The van der Waals surface area contributed by atoms with E-state index in [-0.39, 0.29) is 5.41 Å². The molecule has 0 N–H and O–H groups in total. The van der Waals surface area contributed by atoms with Crippen molar-refractivity contribution in [1.29, 1.82) is 0 Å². The maximum Gasteiger partial charge on any atom is 0.132 e. The quantitative estimate of drug-likeness (QED) is 0.570. The maximum absolute atomic E-state index is 5.23. The minimum Gasteiger partial charge on any atom is -0.392 e. The predicted molar refractivity (Wildman–Crippen MR) is 46.7 cm³/mol. The zero-order valence-electron chi connectivity index (χ0n) is 7.85. The first-order valence-electron chi connectivity index (χ1n) is 4.27. The third-order valence-electron chi connectivity index (χ3n) is 2.05. The summed E-state index contributed by atoms with van der Waals surface area (Å²) in [6.45, 7) is 8.65. The molecule has 0 aliphatic carbocycles. The molecule has 0 radical (unpaired) electrons. The van der Waals surface area contributed by atoms with Gasteiger partial charge in [0.05, 0.1) is 5.71 Å². The fraction of sp³-hybridized carbons (Fsp3) is 0.889. The van der Waals surface area contributed by atoms with Crippen LogP contribution in [0.3, 0.4) is 0 Å². The van der Waals surface area contributed by atoms with Gasteiger partial charge in [-0.2, -0.15) is 0 Å². The van der Waals surface area contributed by atoms with Crippen molar-refractivity contribution in [2.24, 2.45) is 10.6 Å². The monoisotopic (exact) mass is 155 g/mol. The molecule has 2 nitrogen and oxygen atoms in total. The highest BCUT2D eigenvalue weighted by atomic mass is 16.6. The van der Waals surface area contributed by atoms with Crippen molar-refractivity contribution >= 4 is 5.71 Å². The van der Waals surface area contributed by atoms with Gasteiger partial charge in [-0.05, 0) is 6.42 Å². The second-order valence-electron chi connectivity index (χ2n) is 4.13. The largest absolute Gasteiger partial charge is 0.392 e. The van der Waals surface area contributed by atoms with Gasteiger partial charge in [0.1, 0.15) is 6.10 Å². The van der Waals surface area contributed by atoms with Gasteiger partial charge in [-0.15, -0.1) is 0 Å². The fourth-order valence-corrected chi connectivity index (χ4v) is 1.09. The molecule has 0 aromatic carbocycles. The Morgan fingerprint density at radius 3 is 2.45 bits per heavy atom. The molecule has 1 heterocycles. The molecule has 0 aromatic rings. The second-order valence-corrected chi connectivity index (χ2v) is 4.13. The van der Waals surface area contributed by atoms with E-state index >= 15 is 0 Å². The summed E-state index contributed by atoms with van der Waals surface area (Å²) in [7, 11) is 0. The van der Waals surface area contributed by atoms with Gasteiger partial charge in [0.15, 0.2) is 0 Å². The minimum atomic E-state index is 0.184. The van der Waals surface area contributed by atoms with Crippen LogP contribution in [0.2, 0.25) is 0 Å². The number of hydrogen-bond acceptors (Lipinski definition) is 2. The lowest BCUT2D eigenvalue weighted by Crippen LogP contribution is -2.20. The van der Waals surface area contributed by atoms with Crippen LogP contribution in [0, 0.1) is 5.41 Å². The van der Waals surface area contributed by atoms with Crippen LogP contribution in [-0.4, -0.2) is 11.8 Å². The van der Waals surface area contributed by atoms with Crippen molar-refractivity contribution in [3.8, 4) is 0 Å². The van der Waals surface area contributed by atoms with E-state index < -0.39 is 0 Å². The lowest BCUT2D eigenvalue weighted by molar-refractivity contribution is 0.0828. The second kappa shape index (κ2) is 2.84. The van der Waals surface area contributed by atoms with E-state index in [4.69, 9.17) is 4.84 Å². The standard InChI is InChI=1S/C9H17NO/c1-5-7-6-8(10-11-7)9(2,3)4/h7H,5-6H2,1-4H3/t7-/m0/s1. The highest BCUT2D eigenvalue weighted by Gasteiger charge is 2.27. The highest BCUT2D eigenvalue weighted by molar-refractivity contribution is 5.90. The summed E-state index contributed by atoms with van der Waals surface area (Å²) >= 11 is 0. The molecule has 0 bridgehead atoms. The first kappa shape index (κ1) is 8.57. The predicted octanol–water partition coefficient (Wildman–Crippen LogP) is 2.59. The first-order chi connectivity index (χ1) is 5.04. The fourth-order valence-electron chi connectivity index (χ4n) is 1.09. The van der Waals surface area contributed by atoms with E-state index in [2.05, 4.69) is 32.9 Å². The molecule has 1 aliphatic rings. The zero-order valence-corrected chi connectivity index (χ0v) is 7.85. The molecule has 1 rings (SSSR count). The normalized spacial score (nSPS) is 24.7. The Hall–Kier alpha value is -0.530. The van der Waals surface area contributed by atoms with Gasteiger partial charge < -0.3 is 4.84 Å². The van der Waals surface area contributed by atoms with Crippen LogP contribution in [0.4, 0.5) is 0 Å². The van der Waals surface area contributed by atoms with Crippen molar-refractivity contribution in [2.45, 2.75) is 46.6 Å². The number of rotatable bonds is 1. The summed E-state index contributed by atoms with van der Waals surface area (Å²) in [4.78, 5) is 5.23. The SMILES string of the molecule is CC[C@H]1CC(C(C)(C)C)=NO1. The summed E-state index contributed by atoms with van der Waals surface area (Å²) in [5.41, 5.74) is 1.38. The molecule has 0 unspecified atom stereocenters. The summed E-state index contributed by atoms with van der Waals surface area (Å²) < 4.78 is 0. The molecule has 0 saturated carbocycles. The molecule has 0 aromatic heterocycles. The van der Waals surface area contributed by atoms with Crippen LogP contribution in [0.15, 0.2) is 5.16 Å². The van der Waals surface area contributed by atoms with Crippen molar-refractivity contribution < 1.29 is 4.84 Å². The van der Waals surface area contributed by atoms with Gasteiger partial charge in [-0.25, -0.2) is 0 Å². The lowest BCUT2D eigenvalue weighted by atomic mass is 9.87. The van der Waals surface area contributed by atoms with Crippen LogP contribution in [0.1, 0.15) is 40.5 Å². The van der Waals surface area contributed by atoms with Crippen LogP contribution >= 0.6 is 0 Å². The van der Waals surface area contributed by atoms with Crippen molar-refractivity contribution in [3.63, 3.8) is 0 Å². The molecule has 1 aliphatic heterocycles. The molecule has 11 heavy (non-hydrogen) atoms. The third-order valence-corrected chi connectivity index (χ3v) is 2.05. The van der Waals surface area contributed by atoms with Gasteiger partial charge in [-0.1, -0.05) is 32.9 Å². The topological polar surface area (TPSA) is 21.6 Å². The van der Waals surface area contributed by atoms with E-state index in [9.17, 15) is 0 Å². The molecular formula is C9H17NO. The third kappa shape index (κ3) is 1.95. The Bertz CT molecular complexity index is 167. The minimum absolute atomic E-state index is 0.184.